The quantitative estimate of drug-likeness (QED) is 0.887. The highest BCUT2D eigenvalue weighted by Crippen LogP contribution is 2.32. The average Bonchev–Trinajstić information content (AvgIpc) is 2.68. The summed E-state index contributed by atoms with van der Waals surface area (Å²) in [6.07, 6.45) is 2.03. The Kier molecular flexibility index (Phi) is 4.37. The van der Waals surface area contributed by atoms with E-state index >= 15 is 0 Å². The van der Waals surface area contributed by atoms with Gasteiger partial charge < -0.3 is 5.73 Å². The molecule has 1 atom stereocenters. The number of nitrogens with two attached hydrogens (primary N) is 1. The predicted molar refractivity (Wildman–Crippen MR) is 78.4 cm³/mol. The molecule has 0 spiro atoms. The molecule has 2 rings (SSSR count). The van der Waals surface area contributed by atoms with Crippen molar-refractivity contribution in [3.63, 3.8) is 0 Å². The number of hydrogen-bond donors (Lipinski definition) is 1. The maximum Gasteiger partial charge on any atom is 0.0731 e. The summed E-state index contributed by atoms with van der Waals surface area (Å²) in [5.41, 5.74) is 8.85. The third-order valence-electron chi connectivity index (χ3n) is 2.83. The van der Waals surface area contributed by atoms with E-state index in [9.17, 15) is 0 Å². The molecule has 1 heterocycles. The van der Waals surface area contributed by atoms with Crippen LogP contribution in [0.1, 0.15) is 28.5 Å². The highest BCUT2D eigenvalue weighted by molar-refractivity contribution is 9.11. The monoisotopic (exact) mass is 309 g/mol. The molecular formula is C14H16BrNS. The first-order valence-electron chi connectivity index (χ1n) is 5.72. The molecule has 1 nitrogen and oxygen atoms in total. The Labute approximate surface area is 115 Å². The van der Waals surface area contributed by atoms with Gasteiger partial charge in [0, 0.05) is 10.9 Å². The van der Waals surface area contributed by atoms with Crippen molar-refractivity contribution in [1.82, 2.24) is 0 Å². The van der Waals surface area contributed by atoms with Gasteiger partial charge in [-0.2, -0.15) is 0 Å². The first kappa shape index (κ1) is 12.8. The van der Waals surface area contributed by atoms with Crippen LogP contribution in [-0.2, 0) is 6.42 Å². The van der Waals surface area contributed by atoms with Crippen LogP contribution in [0.15, 0.2) is 40.2 Å². The molecule has 1 unspecified atom stereocenters. The predicted octanol–water partition coefficient (Wildman–Crippen LogP) is 4.45. The van der Waals surface area contributed by atoms with Crippen LogP contribution in [0.2, 0.25) is 0 Å². The van der Waals surface area contributed by atoms with Gasteiger partial charge >= 0.3 is 0 Å². The highest BCUT2D eigenvalue weighted by Gasteiger charge is 2.10. The van der Waals surface area contributed by atoms with Crippen molar-refractivity contribution in [3.05, 3.63) is 56.2 Å². The molecule has 90 valence electrons. The van der Waals surface area contributed by atoms with Crippen molar-refractivity contribution in [1.29, 1.82) is 0 Å². The summed E-state index contributed by atoms with van der Waals surface area (Å²) >= 11 is 5.29. The average molecular weight is 310 g/mol. The van der Waals surface area contributed by atoms with Crippen LogP contribution in [0, 0.1) is 6.92 Å². The van der Waals surface area contributed by atoms with E-state index in [0.29, 0.717) is 0 Å². The zero-order valence-electron chi connectivity index (χ0n) is 9.82. The summed E-state index contributed by atoms with van der Waals surface area (Å²) in [7, 11) is 0. The van der Waals surface area contributed by atoms with E-state index in [1.54, 1.807) is 11.3 Å². The maximum atomic E-state index is 6.21. The van der Waals surface area contributed by atoms with Gasteiger partial charge in [0.15, 0.2) is 0 Å². The van der Waals surface area contributed by atoms with Gasteiger partial charge in [0.05, 0.1) is 3.79 Å². The van der Waals surface area contributed by atoms with E-state index in [1.807, 2.05) is 6.07 Å². The smallest absolute Gasteiger partial charge is 0.0731 e. The van der Waals surface area contributed by atoms with Gasteiger partial charge in [-0.3, -0.25) is 0 Å². The van der Waals surface area contributed by atoms with E-state index in [-0.39, 0.29) is 6.04 Å². The molecule has 0 fully saturated rings. The topological polar surface area (TPSA) is 26.0 Å². The van der Waals surface area contributed by atoms with Crippen LogP contribution in [0.3, 0.4) is 0 Å². The Bertz CT molecular complexity index is 459. The second-order valence-electron chi connectivity index (χ2n) is 4.24. The van der Waals surface area contributed by atoms with Crippen LogP contribution in [-0.4, -0.2) is 0 Å². The molecule has 2 N–H and O–H groups in total. The number of rotatable bonds is 4. The Hall–Kier alpha value is -0.640. The lowest BCUT2D eigenvalue weighted by Crippen LogP contribution is -2.09. The van der Waals surface area contributed by atoms with Crippen molar-refractivity contribution in [2.75, 3.05) is 0 Å². The maximum absolute atomic E-state index is 6.21. The number of thiophene rings is 1. The third kappa shape index (κ3) is 3.41. The fraction of sp³-hybridized carbons (Fsp3) is 0.286. The van der Waals surface area contributed by atoms with Gasteiger partial charge in [-0.1, -0.05) is 30.3 Å². The Morgan fingerprint density at radius 1 is 1.29 bits per heavy atom. The lowest BCUT2D eigenvalue weighted by molar-refractivity contribution is 0.662. The van der Waals surface area contributed by atoms with Gasteiger partial charge in [0.25, 0.3) is 0 Å². The van der Waals surface area contributed by atoms with Crippen molar-refractivity contribution >= 4 is 27.3 Å². The minimum Gasteiger partial charge on any atom is -0.323 e. The second kappa shape index (κ2) is 5.80. The highest BCUT2D eigenvalue weighted by atomic mass is 79.9. The van der Waals surface area contributed by atoms with Crippen molar-refractivity contribution < 1.29 is 0 Å². The van der Waals surface area contributed by atoms with Crippen LogP contribution >= 0.6 is 27.3 Å². The van der Waals surface area contributed by atoms with Crippen LogP contribution in [0.25, 0.3) is 0 Å². The SMILES string of the molecule is Cc1cc(C(N)CCc2ccccc2)sc1Br. The fourth-order valence-corrected chi connectivity index (χ4v) is 3.38. The minimum atomic E-state index is 0.144. The normalized spacial score (nSPS) is 12.6. The zero-order valence-corrected chi connectivity index (χ0v) is 12.2. The van der Waals surface area contributed by atoms with Crippen LogP contribution in [0.4, 0.5) is 0 Å². The Morgan fingerprint density at radius 2 is 2.00 bits per heavy atom. The molecule has 0 aliphatic carbocycles. The lowest BCUT2D eigenvalue weighted by atomic mass is 10.0. The van der Waals surface area contributed by atoms with Gasteiger partial charge in [0.2, 0.25) is 0 Å². The zero-order chi connectivity index (χ0) is 12.3. The summed E-state index contributed by atoms with van der Waals surface area (Å²) in [5, 5.41) is 0. The standard InChI is InChI=1S/C14H16BrNS/c1-10-9-13(17-14(10)15)12(16)8-7-11-5-3-2-4-6-11/h2-6,9,12H,7-8,16H2,1H3. The Balaban J connectivity index is 1.96. The number of benzene rings is 1. The molecule has 0 saturated carbocycles. The molecule has 1 aromatic carbocycles. The van der Waals surface area contributed by atoms with Gasteiger partial charge in [-0.15, -0.1) is 11.3 Å². The van der Waals surface area contributed by atoms with Crippen LogP contribution < -0.4 is 5.73 Å². The van der Waals surface area contributed by atoms with E-state index in [0.717, 1.165) is 12.8 Å². The van der Waals surface area contributed by atoms with E-state index in [1.165, 1.54) is 19.8 Å². The Morgan fingerprint density at radius 3 is 2.59 bits per heavy atom. The first-order chi connectivity index (χ1) is 8.16. The molecule has 2 aromatic rings. The molecule has 0 aliphatic rings. The van der Waals surface area contributed by atoms with Crippen molar-refractivity contribution in [2.24, 2.45) is 5.73 Å². The van der Waals surface area contributed by atoms with Crippen LogP contribution in [0.5, 0.6) is 0 Å². The summed E-state index contributed by atoms with van der Waals surface area (Å²) in [6.45, 7) is 2.11. The second-order valence-corrected chi connectivity index (χ2v) is 6.64. The number of hydrogen-bond acceptors (Lipinski definition) is 2. The largest absolute Gasteiger partial charge is 0.323 e. The van der Waals surface area contributed by atoms with E-state index in [4.69, 9.17) is 5.73 Å². The molecule has 17 heavy (non-hydrogen) atoms. The summed E-state index contributed by atoms with van der Waals surface area (Å²) in [6, 6.07) is 12.8. The molecule has 1 aromatic heterocycles. The third-order valence-corrected chi connectivity index (χ3v) is 5.10. The fourth-order valence-electron chi connectivity index (χ4n) is 1.78. The van der Waals surface area contributed by atoms with Gasteiger partial charge in [-0.05, 0) is 52.9 Å². The van der Waals surface area contributed by atoms with Crippen molar-refractivity contribution in [3.8, 4) is 0 Å². The summed E-state index contributed by atoms with van der Waals surface area (Å²) in [4.78, 5) is 1.27. The summed E-state index contributed by atoms with van der Waals surface area (Å²) < 4.78 is 1.20. The molecule has 0 aliphatic heterocycles. The minimum absolute atomic E-state index is 0.144. The molecule has 3 heteroatoms. The molecule has 0 bridgehead atoms. The number of aryl methyl sites for hydroxylation is 2. The molecular weight excluding hydrogens is 294 g/mol. The van der Waals surface area contributed by atoms with E-state index in [2.05, 4.69) is 53.2 Å². The first-order valence-corrected chi connectivity index (χ1v) is 7.33. The number of halogens is 1. The van der Waals surface area contributed by atoms with Gasteiger partial charge in [-0.25, -0.2) is 0 Å². The molecule has 0 radical (unpaired) electrons. The van der Waals surface area contributed by atoms with Crippen molar-refractivity contribution in [2.45, 2.75) is 25.8 Å². The summed E-state index contributed by atoms with van der Waals surface area (Å²) in [5.74, 6) is 0. The lowest BCUT2D eigenvalue weighted by Gasteiger charge is -2.09. The van der Waals surface area contributed by atoms with E-state index < -0.39 is 0 Å². The molecule has 0 amide bonds. The van der Waals surface area contributed by atoms with Gasteiger partial charge in [0.1, 0.15) is 0 Å². The molecule has 0 saturated heterocycles.